The third-order valence-electron chi connectivity index (χ3n) is 5.60. The maximum Gasteiger partial charge on any atom is 0.317 e. The van der Waals surface area contributed by atoms with Crippen LogP contribution in [0.15, 0.2) is 36.9 Å². The van der Waals surface area contributed by atoms with E-state index in [1.165, 1.54) is 31.3 Å². The molecule has 1 aromatic heterocycles. The molecule has 1 aromatic carbocycles. The predicted molar refractivity (Wildman–Crippen MR) is 104 cm³/mol. The first-order valence-electron chi connectivity index (χ1n) is 10.0. The number of nitrogens with one attached hydrogen (secondary N) is 1. The van der Waals surface area contributed by atoms with Crippen LogP contribution < -0.4 is 10.2 Å². The summed E-state index contributed by atoms with van der Waals surface area (Å²) in [7, 11) is 0. The van der Waals surface area contributed by atoms with Gasteiger partial charge in [-0.3, -0.25) is 4.68 Å². The van der Waals surface area contributed by atoms with Crippen LogP contribution in [0.25, 0.3) is 0 Å². The Kier molecular flexibility index (Phi) is 5.55. The molecule has 4 rings (SSSR count). The zero-order chi connectivity index (χ0) is 18.5. The molecule has 0 radical (unpaired) electrons. The first-order chi connectivity index (χ1) is 13.3. The lowest BCUT2D eigenvalue weighted by molar-refractivity contribution is 0.185. The van der Waals surface area contributed by atoms with Crippen LogP contribution in [0.1, 0.15) is 37.7 Å². The summed E-state index contributed by atoms with van der Waals surface area (Å²) in [5, 5.41) is 7.23. The second-order valence-corrected chi connectivity index (χ2v) is 7.48. The van der Waals surface area contributed by atoms with Crippen molar-refractivity contribution in [2.75, 3.05) is 24.5 Å². The average molecular weight is 368 g/mol. The van der Waals surface area contributed by atoms with Gasteiger partial charge in [0.2, 0.25) is 0 Å². The standard InChI is InChI=1S/C20H28N6O/c27-20(26-12-4-5-19(26)14-25-16-21-15-23-25)22-13-17-6-8-18(9-7-17)24-10-2-1-3-11-24/h6-9,15-16,19H,1-5,10-14H2,(H,22,27). The lowest BCUT2D eigenvalue weighted by atomic mass is 10.1. The molecular weight excluding hydrogens is 340 g/mol. The minimum absolute atomic E-state index is 0.0118. The summed E-state index contributed by atoms with van der Waals surface area (Å²) in [4.78, 5) is 21.0. The number of amides is 2. The zero-order valence-corrected chi connectivity index (χ0v) is 15.8. The zero-order valence-electron chi connectivity index (χ0n) is 15.8. The van der Waals surface area contributed by atoms with E-state index in [4.69, 9.17) is 0 Å². The number of aromatic nitrogens is 3. The third kappa shape index (κ3) is 4.40. The number of piperidine rings is 1. The van der Waals surface area contributed by atoms with Gasteiger partial charge in [0.25, 0.3) is 0 Å². The Morgan fingerprint density at radius 3 is 2.63 bits per heavy atom. The molecule has 27 heavy (non-hydrogen) atoms. The van der Waals surface area contributed by atoms with Crippen LogP contribution in [0.3, 0.4) is 0 Å². The SMILES string of the molecule is O=C(NCc1ccc(N2CCCCC2)cc1)N1CCCC1Cn1cncn1. The largest absolute Gasteiger partial charge is 0.372 e. The van der Waals surface area contributed by atoms with Gasteiger partial charge in [-0.05, 0) is 49.8 Å². The van der Waals surface area contributed by atoms with Crippen molar-refractivity contribution in [3.05, 3.63) is 42.5 Å². The Morgan fingerprint density at radius 1 is 1.07 bits per heavy atom. The minimum atomic E-state index is 0.0118. The number of benzene rings is 1. The number of nitrogens with zero attached hydrogens (tertiary/aromatic N) is 5. The lowest BCUT2D eigenvalue weighted by Gasteiger charge is -2.29. The van der Waals surface area contributed by atoms with Crippen molar-refractivity contribution in [1.29, 1.82) is 0 Å². The predicted octanol–water partition coefficient (Wildman–Crippen LogP) is 2.64. The Hall–Kier alpha value is -2.57. The second kappa shape index (κ2) is 8.41. The molecule has 2 aliphatic rings. The number of hydrogen-bond acceptors (Lipinski definition) is 4. The van der Waals surface area contributed by atoms with E-state index in [2.05, 4.69) is 44.6 Å². The molecule has 1 unspecified atom stereocenters. The van der Waals surface area contributed by atoms with Gasteiger partial charge < -0.3 is 15.1 Å². The van der Waals surface area contributed by atoms with Crippen LogP contribution in [0.4, 0.5) is 10.5 Å². The molecule has 144 valence electrons. The summed E-state index contributed by atoms with van der Waals surface area (Å²) in [5.41, 5.74) is 2.42. The van der Waals surface area contributed by atoms with E-state index in [1.807, 2.05) is 4.90 Å². The van der Waals surface area contributed by atoms with Gasteiger partial charge in [0.05, 0.1) is 12.6 Å². The van der Waals surface area contributed by atoms with E-state index in [1.54, 1.807) is 11.0 Å². The van der Waals surface area contributed by atoms with E-state index < -0.39 is 0 Å². The number of likely N-dealkylation sites (tertiary alicyclic amines) is 1. The van der Waals surface area contributed by atoms with Gasteiger partial charge in [-0.15, -0.1) is 0 Å². The number of anilines is 1. The van der Waals surface area contributed by atoms with Crippen molar-refractivity contribution in [2.24, 2.45) is 0 Å². The third-order valence-corrected chi connectivity index (χ3v) is 5.60. The van der Waals surface area contributed by atoms with Crippen molar-refractivity contribution < 1.29 is 4.79 Å². The van der Waals surface area contributed by atoms with Crippen LogP contribution in [0.2, 0.25) is 0 Å². The topological polar surface area (TPSA) is 66.3 Å². The molecule has 7 nitrogen and oxygen atoms in total. The summed E-state index contributed by atoms with van der Waals surface area (Å²) >= 11 is 0. The lowest BCUT2D eigenvalue weighted by Crippen LogP contribution is -2.44. The molecule has 2 amide bonds. The molecule has 0 saturated carbocycles. The molecule has 0 bridgehead atoms. The first-order valence-corrected chi connectivity index (χ1v) is 10.0. The fourth-order valence-electron chi connectivity index (χ4n) is 4.09. The van der Waals surface area contributed by atoms with Gasteiger partial charge in [0.1, 0.15) is 12.7 Å². The Labute approximate surface area is 160 Å². The fourth-order valence-corrected chi connectivity index (χ4v) is 4.09. The van der Waals surface area contributed by atoms with E-state index in [0.717, 1.165) is 38.0 Å². The molecule has 0 aliphatic carbocycles. The highest BCUT2D eigenvalue weighted by atomic mass is 16.2. The molecule has 3 heterocycles. The first kappa shape index (κ1) is 17.8. The summed E-state index contributed by atoms with van der Waals surface area (Å²) < 4.78 is 1.80. The normalized spacial score (nSPS) is 20.1. The van der Waals surface area contributed by atoms with Crippen LogP contribution >= 0.6 is 0 Å². The maximum absolute atomic E-state index is 12.6. The summed E-state index contributed by atoms with van der Waals surface area (Å²) in [5.74, 6) is 0. The van der Waals surface area contributed by atoms with Crippen molar-refractivity contribution in [2.45, 2.75) is 51.2 Å². The van der Waals surface area contributed by atoms with Gasteiger partial charge in [0.15, 0.2) is 0 Å². The molecular formula is C20H28N6O. The summed E-state index contributed by atoms with van der Waals surface area (Å²) in [6.07, 6.45) is 9.20. The van der Waals surface area contributed by atoms with Crippen LogP contribution in [0, 0.1) is 0 Å². The van der Waals surface area contributed by atoms with Gasteiger partial charge in [-0.2, -0.15) is 5.10 Å². The van der Waals surface area contributed by atoms with E-state index in [-0.39, 0.29) is 12.1 Å². The smallest absolute Gasteiger partial charge is 0.317 e. The van der Waals surface area contributed by atoms with Gasteiger partial charge in [-0.25, -0.2) is 9.78 Å². The summed E-state index contributed by atoms with van der Waals surface area (Å²) in [6.45, 7) is 4.37. The number of carbonyl (C=O) groups is 1. The number of carbonyl (C=O) groups excluding carboxylic acids is 1. The Balaban J connectivity index is 1.29. The maximum atomic E-state index is 12.6. The number of urea groups is 1. The molecule has 2 aliphatic heterocycles. The quantitative estimate of drug-likeness (QED) is 0.881. The highest BCUT2D eigenvalue weighted by Gasteiger charge is 2.29. The monoisotopic (exact) mass is 368 g/mol. The highest BCUT2D eigenvalue weighted by Crippen LogP contribution is 2.21. The molecule has 7 heteroatoms. The average Bonchev–Trinajstić information content (AvgIpc) is 3.40. The molecule has 2 aromatic rings. The molecule has 2 saturated heterocycles. The van der Waals surface area contributed by atoms with Crippen LogP contribution in [-0.2, 0) is 13.1 Å². The van der Waals surface area contributed by atoms with Crippen molar-refractivity contribution in [3.8, 4) is 0 Å². The van der Waals surface area contributed by atoms with E-state index in [9.17, 15) is 4.79 Å². The van der Waals surface area contributed by atoms with E-state index >= 15 is 0 Å². The van der Waals surface area contributed by atoms with Crippen molar-refractivity contribution in [3.63, 3.8) is 0 Å². The van der Waals surface area contributed by atoms with Gasteiger partial charge >= 0.3 is 6.03 Å². The molecule has 1 atom stereocenters. The van der Waals surface area contributed by atoms with Crippen LogP contribution in [0.5, 0.6) is 0 Å². The van der Waals surface area contributed by atoms with Gasteiger partial charge in [-0.1, -0.05) is 12.1 Å². The Morgan fingerprint density at radius 2 is 1.89 bits per heavy atom. The van der Waals surface area contributed by atoms with Crippen molar-refractivity contribution in [1.82, 2.24) is 25.0 Å². The van der Waals surface area contributed by atoms with E-state index in [0.29, 0.717) is 13.1 Å². The van der Waals surface area contributed by atoms with Crippen LogP contribution in [-0.4, -0.2) is 51.4 Å². The molecule has 0 spiro atoms. The Bertz CT molecular complexity index is 723. The molecule has 2 fully saturated rings. The van der Waals surface area contributed by atoms with Crippen molar-refractivity contribution >= 4 is 11.7 Å². The fraction of sp³-hybridized carbons (Fsp3) is 0.550. The number of hydrogen-bond donors (Lipinski definition) is 1. The highest BCUT2D eigenvalue weighted by molar-refractivity contribution is 5.74. The minimum Gasteiger partial charge on any atom is -0.372 e. The summed E-state index contributed by atoms with van der Waals surface area (Å²) in [6, 6.07) is 8.81. The van der Waals surface area contributed by atoms with Gasteiger partial charge in [0, 0.05) is 31.9 Å². The molecule has 1 N–H and O–H groups in total. The number of rotatable bonds is 5. The second-order valence-electron chi connectivity index (χ2n) is 7.48.